The van der Waals surface area contributed by atoms with E-state index in [0.29, 0.717) is 27.1 Å². The molecule has 0 bridgehead atoms. The number of fused-ring (bicyclic) bond motifs is 1. The Kier molecular flexibility index (Phi) is 4.29. The van der Waals surface area contributed by atoms with Gasteiger partial charge in [0.2, 0.25) is 0 Å². The van der Waals surface area contributed by atoms with Gasteiger partial charge in [-0.3, -0.25) is 29.6 Å². The molecule has 1 saturated heterocycles. The van der Waals surface area contributed by atoms with Crippen LogP contribution in [0, 0.1) is 0 Å². The van der Waals surface area contributed by atoms with E-state index in [1.165, 1.54) is 10.6 Å². The number of halogens is 1. The molecule has 2 heterocycles. The molecule has 0 unspecified atom stereocenters. The average Bonchev–Trinajstić information content (AvgIpc) is 3.03. The molecule has 0 saturated carbocycles. The predicted molar refractivity (Wildman–Crippen MR) is 103 cm³/mol. The zero-order valence-corrected chi connectivity index (χ0v) is 15.0. The molecular weight excluding hydrogens is 382 g/mol. The molecule has 4 amide bonds. The molecule has 1 aliphatic heterocycles. The number of carbonyl (C=O) groups is 4. The topological polar surface area (TPSA) is 97.3 Å². The van der Waals surface area contributed by atoms with Crippen molar-refractivity contribution in [2.75, 3.05) is 0 Å². The fourth-order valence-electron chi connectivity index (χ4n) is 2.98. The minimum atomic E-state index is -0.868. The van der Waals surface area contributed by atoms with Gasteiger partial charge in [0.05, 0.1) is 5.52 Å². The summed E-state index contributed by atoms with van der Waals surface area (Å²) in [5.74, 6) is -1.88. The van der Waals surface area contributed by atoms with Crippen LogP contribution in [0.15, 0.2) is 60.3 Å². The monoisotopic (exact) mass is 393 g/mol. The largest absolute Gasteiger partial charge is 0.328 e. The summed E-state index contributed by atoms with van der Waals surface area (Å²) in [4.78, 5) is 48.2. The first-order valence-corrected chi connectivity index (χ1v) is 8.60. The van der Waals surface area contributed by atoms with Gasteiger partial charge < -0.3 is 0 Å². The molecule has 1 aromatic heterocycles. The zero-order valence-electron chi connectivity index (χ0n) is 14.2. The van der Waals surface area contributed by atoms with Crippen molar-refractivity contribution in [1.29, 1.82) is 0 Å². The van der Waals surface area contributed by atoms with Crippen molar-refractivity contribution in [3.8, 4) is 0 Å². The molecule has 1 fully saturated rings. The molecule has 0 radical (unpaired) electrons. The van der Waals surface area contributed by atoms with E-state index >= 15 is 0 Å². The predicted octanol–water partition coefficient (Wildman–Crippen LogP) is 2.73. The van der Waals surface area contributed by atoms with E-state index < -0.39 is 17.8 Å². The Labute approximate surface area is 163 Å². The number of nitrogens with zero attached hydrogens (tertiary/aromatic N) is 1. The van der Waals surface area contributed by atoms with E-state index in [1.807, 2.05) is 10.6 Å². The van der Waals surface area contributed by atoms with Gasteiger partial charge in [-0.05, 0) is 36.4 Å². The average molecular weight is 394 g/mol. The van der Waals surface area contributed by atoms with E-state index in [1.54, 1.807) is 54.7 Å². The molecule has 1 aliphatic rings. The molecule has 8 heteroatoms. The minimum absolute atomic E-state index is 0.221. The zero-order chi connectivity index (χ0) is 19.8. The molecule has 2 aromatic carbocycles. The number of nitrogens with one attached hydrogen (secondary N) is 2. The maximum Gasteiger partial charge on any atom is 0.328 e. The number of hydrogen-bond donors (Lipinski definition) is 2. The number of para-hydroxylation sites is 1. The summed E-state index contributed by atoms with van der Waals surface area (Å²) in [6.07, 6.45) is 2.90. The van der Waals surface area contributed by atoms with Crippen LogP contribution in [0.2, 0.25) is 5.02 Å². The van der Waals surface area contributed by atoms with Crippen molar-refractivity contribution in [2.24, 2.45) is 0 Å². The van der Waals surface area contributed by atoms with Gasteiger partial charge in [-0.1, -0.05) is 29.8 Å². The van der Waals surface area contributed by atoms with Crippen molar-refractivity contribution in [3.63, 3.8) is 0 Å². The summed E-state index contributed by atoms with van der Waals surface area (Å²) in [5.41, 5.74) is 1.32. The van der Waals surface area contributed by atoms with Crippen molar-refractivity contribution < 1.29 is 19.2 Å². The summed E-state index contributed by atoms with van der Waals surface area (Å²) in [5, 5.41) is 5.24. The molecule has 28 heavy (non-hydrogen) atoms. The lowest BCUT2D eigenvalue weighted by atomic mass is 10.1. The second-order valence-electron chi connectivity index (χ2n) is 6.08. The lowest BCUT2D eigenvalue weighted by Crippen LogP contribution is -2.51. The molecule has 0 aliphatic carbocycles. The van der Waals surface area contributed by atoms with Crippen molar-refractivity contribution >= 4 is 52.3 Å². The first-order valence-electron chi connectivity index (χ1n) is 8.23. The van der Waals surface area contributed by atoms with Gasteiger partial charge in [-0.15, -0.1) is 0 Å². The van der Waals surface area contributed by atoms with Crippen LogP contribution in [0.5, 0.6) is 0 Å². The molecule has 4 rings (SSSR count). The molecule has 0 spiro atoms. The van der Waals surface area contributed by atoms with Gasteiger partial charge in [-0.25, -0.2) is 4.79 Å². The van der Waals surface area contributed by atoms with E-state index in [4.69, 9.17) is 11.6 Å². The number of imide groups is 2. The summed E-state index contributed by atoms with van der Waals surface area (Å²) >= 11 is 5.88. The Hall–Kier alpha value is -3.71. The quantitative estimate of drug-likeness (QED) is 0.516. The van der Waals surface area contributed by atoms with Crippen LogP contribution in [-0.4, -0.2) is 28.3 Å². The van der Waals surface area contributed by atoms with Crippen molar-refractivity contribution in [3.05, 3.63) is 76.5 Å². The smallest absolute Gasteiger partial charge is 0.283 e. The van der Waals surface area contributed by atoms with Gasteiger partial charge in [0.15, 0.2) is 0 Å². The third-order valence-electron chi connectivity index (χ3n) is 4.30. The van der Waals surface area contributed by atoms with E-state index in [-0.39, 0.29) is 11.5 Å². The second-order valence-corrected chi connectivity index (χ2v) is 6.52. The summed E-state index contributed by atoms with van der Waals surface area (Å²) in [6, 6.07) is 12.7. The van der Waals surface area contributed by atoms with Crippen LogP contribution in [0.1, 0.15) is 15.9 Å². The normalized spacial score (nSPS) is 14.0. The van der Waals surface area contributed by atoms with Crippen LogP contribution in [0.4, 0.5) is 4.79 Å². The number of carbonyl (C=O) groups excluding carboxylic acids is 4. The molecule has 3 aromatic rings. The van der Waals surface area contributed by atoms with E-state index in [0.717, 1.165) is 0 Å². The molecule has 138 valence electrons. The molecule has 7 nitrogen and oxygen atoms in total. The lowest BCUT2D eigenvalue weighted by Gasteiger charge is -2.13. The molecular formula is C20H12ClN3O4. The van der Waals surface area contributed by atoms with Gasteiger partial charge in [-0.2, -0.15) is 0 Å². The van der Waals surface area contributed by atoms with Crippen molar-refractivity contribution in [1.82, 2.24) is 15.2 Å². The first kappa shape index (κ1) is 17.7. The van der Waals surface area contributed by atoms with Crippen LogP contribution in [0.3, 0.4) is 0 Å². The summed E-state index contributed by atoms with van der Waals surface area (Å²) in [6.45, 7) is 0. The highest BCUT2D eigenvalue weighted by Gasteiger charge is 2.28. The Morgan fingerprint density at radius 2 is 1.57 bits per heavy atom. The molecule has 2 N–H and O–H groups in total. The third-order valence-corrected chi connectivity index (χ3v) is 4.55. The van der Waals surface area contributed by atoms with E-state index in [2.05, 4.69) is 0 Å². The highest BCUT2D eigenvalue weighted by atomic mass is 35.5. The number of hydrogen-bond acceptors (Lipinski definition) is 4. The number of benzene rings is 2. The lowest BCUT2D eigenvalue weighted by molar-refractivity contribution is -0.123. The standard InChI is InChI=1S/C20H12ClN3O4/c21-13-7-5-11(6-8-13)19(27)24-10-12(14-3-1-2-4-16(14)24)9-15-17(25)22-20(28)23-18(15)26/h1-10H,(H2,22,23,25,26,28). The third kappa shape index (κ3) is 3.08. The highest BCUT2D eigenvalue weighted by Crippen LogP contribution is 2.25. The second kappa shape index (κ2) is 6.79. The number of rotatable bonds is 2. The maximum absolute atomic E-state index is 12.9. The number of barbiturate groups is 1. The number of amides is 4. The highest BCUT2D eigenvalue weighted by molar-refractivity contribution is 6.31. The van der Waals surface area contributed by atoms with Crippen LogP contribution in [0.25, 0.3) is 17.0 Å². The Morgan fingerprint density at radius 3 is 2.25 bits per heavy atom. The summed E-state index contributed by atoms with van der Waals surface area (Å²) in [7, 11) is 0. The minimum Gasteiger partial charge on any atom is -0.283 e. The molecule has 0 atom stereocenters. The first-order chi connectivity index (χ1) is 13.4. The SMILES string of the molecule is O=C1NC(=O)C(=Cc2cn(C(=O)c3ccc(Cl)cc3)c3ccccc23)C(=O)N1. The Bertz CT molecular complexity index is 1170. The van der Waals surface area contributed by atoms with Gasteiger partial charge in [0, 0.05) is 27.7 Å². The number of aromatic nitrogens is 1. The fourth-order valence-corrected chi connectivity index (χ4v) is 3.11. The number of urea groups is 1. The fraction of sp³-hybridized carbons (Fsp3) is 0. The van der Waals surface area contributed by atoms with Crippen molar-refractivity contribution in [2.45, 2.75) is 0 Å². The van der Waals surface area contributed by atoms with Crippen LogP contribution in [-0.2, 0) is 9.59 Å². The Morgan fingerprint density at radius 1 is 0.929 bits per heavy atom. The van der Waals surface area contributed by atoms with Crippen LogP contribution < -0.4 is 10.6 Å². The van der Waals surface area contributed by atoms with Gasteiger partial charge in [0.1, 0.15) is 5.57 Å². The van der Waals surface area contributed by atoms with Gasteiger partial charge >= 0.3 is 6.03 Å². The summed E-state index contributed by atoms with van der Waals surface area (Å²) < 4.78 is 1.44. The van der Waals surface area contributed by atoms with Gasteiger partial charge in [0.25, 0.3) is 17.7 Å². The Balaban J connectivity index is 1.83. The maximum atomic E-state index is 12.9. The van der Waals surface area contributed by atoms with Crippen LogP contribution >= 0.6 is 11.6 Å². The van der Waals surface area contributed by atoms with E-state index in [9.17, 15) is 19.2 Å².